The molecule has 1 aliphatic rings. The summed E-state index contributed by atoms with van der Waals surface area (Å²) in [6, 6.07) is 7.48. The van der Waals surface area contributed by atoms with Gasteiger partial charge in [-0.3, -0.25) is 4.79 Å². The maximum atomic E-state index is 12.4. The summed E-state index contributed by atoms with van der Waals surface area (Å²) in [5, 5.41) is 5.42. The third kappa shape index (κ3) is 2.74. The van der Waals surface area contributed by atoms with Crippen LogP contribution in [0.4, 0.5) is 5.13 Å². The van der Waals surface area contributed by atoms with Gasteiger partial charge in [0.25, 0.3) is 5.91 Å². The van der Waals surface area contributed by atoms with E-state index in [-0.39, 0.29) is 5.91 Å². The van der Waals surface area contributed by atoms with Crippen molar-refractivity contribution in [2.24, 2.45) is 0 Å². The van der Waals surface area contributed by atoms with Crippen LogP contribution in [-0.2, 0) is 0 Å². The van der Waals surface area contributed by atoms with Crippen molar-refractivity contribution in [1.82, 2.24) is 15.0 Å². The molecule has 0 bridgehead atoms. The Morgan fingerprint density at radius 2 is 2.08 bits per heavy atom. The monoisotopic (exact) mass is 362 g/mol. The molecule has 1 amide bonds. The number of carbonyl (C=O) groups is 1. The number of carbonyl (C=O) groups excluding carboxylic acids is 1. The molecule has 0 radical (unpaired) electrons. The highest BCUT2D eigenvalue weighted by atomic mass is 35.5. The fraction of sp³-hybridized carbons (Fsp3) is 0.312. The van der Waals surface area contributed by atoms with Gasteiger partial charge >= 0.3 is 0 Å². The Morgan fingerprint density at radius 1 is 1.29 bits per heavy atom. The number of fused-ring (bicyclic) bond motifs is 1. The lowest BCUT2D eigenvalue weighted by Crippen LogP contribution is -2.48. The first-order valence-electron chi connectivity index (χ1n) is 7.64. The van der Waals surface area contributed by atoms with E-state index in [9.17, 15) is 4.79 Å². The Balaban J connectivity index is 1.47. The number of benzene rings is 1. The average molecular weight is 363 g/mol. The van der Waals surface area contributed by atoms with E-state index in [1.807, 2.05) is 18.2 Å². The highest BCUT2D eigenvalue weighted by molar-refractivity contribution is 7.22. The van der Waals surface area contributed by atoms with Gasteiger partial charge in [0.15, 0.2) is 10.8 Å². The number of hydrogen-bond acceptors (Lipinski definition) is 6. The summed E-state index contributed by atoms with van der Waals surface area (Å²) in [6.45, 7) is 4.52. The van der Waals surface area contributed by atoms with E-state index in [0.29, 0.717) is 29.6 Å². The predicted octanol–water partition coefficient (Wildman–Crippen LogP) is 3.21. The minimum atomic E-state index is -0.0844. The SMILES string of the molecule is Cc1cc(C(=O)N2CCN(c3nc4c(Cl)cccc4s3)CC2)no1. The van der Waals surface area contributed by atoms with Crippen molar-refractivity contribution in [3.05, 3.63) is 40.7 Å². The van der Waals surface area contributed by atoms with E-state index in [2.05, 4.69) is 15.0 Å². The molecule has 1 saturated heterocycles. The zero-order chi connectivity index (χ0) is 16.7. The first-order chi connectivity index (χ1) is 11.6. The molecule has 0 unspecified atom stereocenters. The van der Waals surface area contributed by atoms with Gasteiger partial charge in [0, 0.05) is 32.2 Å². The molecule has 2 aromatic heterocycles. The molecule has 4 rings (SSSR count). The number of aryl methyl sites for hydroxylation is 1. The van der Waals surface area contributed by atoms with Gasteiger partial charge < -0.3 is 14.3 Å². The number of aromatic nitrogens is 2. The Morgan fingerprint density at radius 3 is 2.75 bits per heavy atom. The summed E-state index contributed by atoms with van der Waals surface area (Å²) in [7, 11) is 0. The molecule has 1 fully saturated rings. The third-order valence-corrected chi connectivity index (χ3v) is 5.43. The summed E-state index contributed by atoms with van der Waals surface area (Å²) < 4.78 is 6.06. The summed E-state index contributed by atoms with van der Waals surface area (Å²) in [5.41, 5.74) is 1.21. The van der Waals surface area contributed by atoms with Crippen molar-refractivity contribution in [1.29, 1.82) is 0 Å². The normalized spacial score (nSPS) is 15.2. The van der Waals surface area contributed by atoms with Gasteiger partial charge in [-0.15, -0.1) is 0 Å². The zero-order valence-electron chi connectivity index (χ0n) is 13.0. The maximum absolute atomic E-state index is 12.4. The van der Waals surface area contributed by atoms with Crippen LogP contribution in [0.1, 0.15) is 16.2 Å². The summed E-state index contributed by atoms with van der Waals surface area (Å²) >= 11 is 7.83. The Labute approximate surface area is 147 Å². The number of para-hydroxylation sites is 1. The molecular weight excluding hydrogens is 348 g/mol. The molecule has 0 N–H and O–H groups in total. The Hall–Kier alpha value is -2.12. The van der Waals surface area contributed by atoms with E-state index in [4.69, 9.17) is 16.1 Å². The number of hydrogen-bond donors (Lipinski definition) is 0. The van der Waals surface area contributed by atoms with Crippen LogP contribution >= 0.6 is 22.9 Å². The minimum Gasteiger partial charge on any atom is -0.361 e. The summed E-state index contributed by atoms with van der Waals surface area (Å²) in [6.07, 6.45) is 0. The van der Waals surface area contributed by atoms with Crippen molar-refractivity contribution in [2.45, 2.75) is 6.92 Å². The van der Waals surface area contributed by atoms with Gasteiger partial charge in [-0.1, -0.05) is 34.2 Å². The van der Waals surface area contributed by atoms with Crippen molar-refractivity contribution in [3.63, 3.8) is 0 Å². The quantitative estimate of drug-likeness (QED) is 0.700. The molecule has 124 valence electrons. The van der Waals surface area contributed by atoms with Crippen LogP contribution in [0.25, 0.3) is 10.2 Å². The van der Waals surface area contributed by atoms with Crippen molar-refractivity contribution in [3.8, 4) is 0 Å². The zero-order valence-corrected chi connectivity index (χ0v) is 14.6. The van der Waals surface area contributed by atoms with Gasteiger partial charge in [0.2, 0.25) is 0 Å². The van der Waals surface area contributed by atoms with Gasteiger partial charge in [-0.05, 0) is 19.1 Å². The second-order valence-corrected chi connectivity index (χ2v) is 7.10. The molecule has 24 heavy (non-hydrogen) atoms. The van der Waals surface area contributed by atoms with Crippen LogP contribution in [-0.4, -0.2) is 47.1 Å². The summed E-state index contributed by atoms with van der Waals surface area (Å²) in [4.78, 5) is 21.0. The average Bonchev–Trinajstić information content (AvgIpc) is 3.21. The molecule has 3 heterocycles. The number of halogens is 1. The van der Waals surface area contributed by atoms with Crippen LogP contribution in [0, 0.1) is 6.92 Å². The van der Waals surface area contributed by atoms with Gasteiger partial charge in [-0.2, -0.15) is 0 Å². The van der Waals surface area contributed by atoms with E-state index < -0.39 is 0 Å². The van der Waals surface area contributed by atoms with Crippen LogP contribution in [0.15, 0.2) is 28.8 Å². The molecule has 3 aromatic rings. The third-order valence-electron chi connectivity index (χ3n) is 4.04. The second kappa shape index (κ2) is 6.07. The standard InChI is InChI=1S/C16H15ClN4O2S/c1-10-9-12(19-23-10)15(22)20-5-7-21(8-6-20)16-18-14-11(17)3-2-4-13(14)24-16/h2-4,9H,5-8H2,1H3. The molecular formula is C16H15ClN4O2S. The first kappa shape index (κ1) is 15.4. The van der Waals surface area contributed by atoms with Crippen molar-refractivity contribution < 1.29 is 9.32 Å². The highest BCUT2D eigenvalue weighted by Gasteiger charge is 2.25. The van der Waals surface area contributed by atoms with Gasteiger partial charge in [-0.25, -0.2) is 4.98 Å². The lowest BCUT2D eigenvalue weighted by atomic mass is 10.3. The van der Waals surface area contributed by atoms with E-state index in [0.717, 1.165) is 28.4 Å². The van der Waals surface area contributed by atoms with Crippen molar-refractivity contribution in [2.75, 3.05) is 31.1 Å². The smallest absolute Gasteiger partial charge is 0.276 e. The van der Waals surface area contributed by atoms with Crippen LogP contribution < -0.4 is 4.90 Å². The molecule has 0 saturated carbocycles. The number of anilines is 1. The minimum absolute atomic E-state index is 0.0844. The molecule has 1 aromatic carbocycles. The Kier molecular flexibility index (Phi) is 3.90. The Bertz CT molecular complexity index is 899. The fourth-order valence-electron chi connectivity index (χ4n) is 2.77. The molecule has 1 aliphatic heterocycles. The van der Waals surface area contributed by atoms with Crippen LogP contribution in [0.2, 0.25) is 5.02 Å². The molecule has 8 heteroatoms. The van der Waals surface area contributed by atoms with E-state index in [1.54, 1.807) is 29.2 Å². The number of amides is 1. The number of piperazine rings is 1. The van der Waals surface area contributed by atoms with Gasteiger partial charge in [0.05, 0.1) is 9.72 Å². The molecule has 0 atom stereocenters. The van der Waals surface area contributed by atoms with Crippen LogP contribution in [0.3, 0.4) is 0 Å². The number of nitrogens with zero attached hydrogens (tertiary/aromatic N) is 4. The maximum Gasteiger partial charge on any atom is 0.276 e. The predicted molar refractivity (Wildman–Crippen MR) is 94.0 cm³/mol. The van der Waals surface area contributed by atoms with Crippen LogP contribution in [0.5, 0.6) is 0 Å². The molecule has 0 aliphatic carbocycles. The molecule has 6 nitrogen and oxygen atoms in total. The lowest BCUT2D eigenvalue weighted by Gasteiger charge is -2.34. The molecule has 0 spiro atoms. The first-order valence-corrected chi connectivity index (χ1v) is 8.84. The topological polar surface area (TPSA) is 62.5 Å². The highest BCUT2D eigenvalue weighted by Crippen LogP contribution is 2.33. The largest absolute Gasteiger partial charge is 0.361 e. The number of thiazole rings is 1. The second-order valence-electron chi connectivity index (χ2n) is 5.69. The van der Waals surface area contributed by atoms with E-state index >= 15 is 0 Å². The summed E-state index contributed by atoms with van der Waals surface area (Å²) in [5.74, 6) is 0.558. The van der Waals surface area contributed by atoms with E-state index in [1.165, 1.54) is 0 Å². The fourth-order valence-corrected chi connectivity index (χ4v) is 4.09. The number of rotatable bonds is 2. The van der Waals surface area contributed by atoms with Gasteiger partial charge in [0.1, 0.15) is 11.3 Å². The van der Waals surface area contributed by atoms with Crippen molar-refractivity contribution >= 4 is 44.2 Å². The lowest BCUT2D eigenvalue weighted by molar-refractivity contribution is 0.0736.